The average molecular weight is 315 g/mol. The second kappa shape index (κ2) is 7.07. The van der Waals surface area contributed by atoms with Crippen LogP contribution in [0.1, 0.15) is 18.9 Å². The second-order valence-electron chi connectivity index (χ2n) is 4.44. The lowest BCUT2D eigenvalue weighted by Gasteiger charge is -2.13. The summed E-state index contributed by atoms with van der Waals surface area (Å²) in [6.07, 6.45) is 2.86. The number of ether oxygens (including phenoxy) is 2. The standard InChI is InChI=1S/C13H19BrN2O2/c1-2-15-6-11-5-12(14)7-16-13(11)18-9-10-3-4-17-8-10/h5,7,10,15H,2-4,6,8-9H2,1H3. The summed E-state index contributed by atoms with van der Waals surface area (Å²) >= 11 is 3.44. The molecule has 1 unspecified atom stereocenters. The highest BCUT2D eigenvalue weighted by molar-refractivity contribution is 9.10. The molecule has 0 bridgehead atoms. The van der Waals surface area contributed by atoms with Crippen molar-refractivity contribution in [3.8, 4) is 5.88 Å². The molecule has 1 atom stereocenters. The van der Waals surface area contributed by atoms with E-state index in [1.807, 2.05) is 0 Å². The zero-order valence-corrected chi connectivity index (χ0v) is 12.2. The lowest BCUT2D eigenvalue weighted by Crippen LogP contribution is -2.16. The molecule has 1 aromatic heterocycles. The van der Waals surface area contributed by atoms with Gasteiger partial charge in [0.2, 0.25) is 5.88 Å². The quantitative estimate of drug-likeness (QED) is 0.875. The zero-order chi connectivity index (χ0) is 12.8. The fraction of sp³-hybridized carbons (Fsp3) is 0.615. The van der Waals surface area contributed by atoms with E-state index in [-0.39, 0.29) is 0 Å². The first-order valence-corrected chi connectivity index (χ1v) is 7.14. The number of rotatable bonds is 6. The van der Waals surface area contributed by atoms with E-state index in [1.54, 1.807) is 6.20 Å². The van der Waals surface area contributed by atoms with Crippen LogP contribution in [0.4, 0.5) is 0 Å². The van der Waals surface area contributed by atoms with Crippen molar-refractivity contribution in [1.29, 1.82) is 0 Å². The third kappa shape index (κ3) is 3.93. The van der Waals surface area contributed by atoms with Gasteiger partial charge in [-0.3, -0.25) is 0 Å². The Labute approximate surface area is 116 Å². The Morgan fingerprint density at radius 2 is 2.50 bits per heavy atom. The van der Waals surface area contributed by atoms with Crippen molar-refractivity contribution in [3.63, 3.8) is 0 Å². The van der Waals surface area contributed by atoms with Gasteiger partial charge in [-0.05, 0) is 35.0 Å². The molecular weight excluding hydrogens is 296 g/mol. The number of hydrogen-bond donors (Lipinski definition) is 1. The molecule has 4 nitrogen and oxygen atoms in total. The number of aromatic nitrogens is 1. The maximum absolute atomic E-state index is 5.82. The van der Waals surface area contributed by atoms with Gasteiger partial charge in [0.05, 0.1) is 13.2 Å². The molecule has 1 aliphatic rings. The summed E-state index contributed by atoms with van der Waals surface area (Å²) in [6.45, 7) is 6.14. The van der Waals surface area contributed by atoms with Gasteiger partial charge in [-0.2, -0.15) is 0 Å². The minimum atomic E-state index is 0.502. The molecule has 1 aromatic rings. The SMILES string of the molecule is CCNCc1cc(Br)cnc1OCC1CCOC1. The second-order valence-corrected chi connectivity index (χ2v) is 5.35. The minimum absolute atomic E-state index is 0.502. The van der Waals surface area contributed by atoms with Crippen LogP contribution in [-0.4, -0.2) is 31.3 Å². The van der Waals surface area contributed by atoms with Crippen LogP contribution in [0.5, 0.6) is 5.88 Å². The number of hydrogen-bond acceptors (Lipinski definition) is 4. The summed E-state index contributed by atoms with van der Waals surface area (Å²) in [5.74, 6) is 1.23. The van der Waals surface area contributed by atoms with Crippen molar-refractivity contribution in [2.24, 2.45) is 5.92 Å². The zero-order valence-electron chi connectivity index (χ0n) is 10.6. The van der Waals surface area contributed by atoms with Gasteiger partial charge in [-0.25, -0.2) is 4.98 Å². The molecule has 18 heavy (non-hydrogen) atoms. The van der Waals surface area contributed by atoms with Gasteiger partial charge >= 0.3 is 0 Å². The molecular formula is C13H19BrN2O2. The van der Waals surface area contributed by atoms with Crippen molar-refractivity contribution in [2.75, 3.05) is 26.4 Å². The van der Waals surface area contributed by atoms with Crippen LogP contribution >= 0.6 is 15.9 Å². The molecule has 5 heteroatoms. The summed E-state index contributed by atoms with van der Waals surface area (Å²) in [5, 5.41) is 3.29. The van der Waals surface area contributed by atoms with Crippen LogP contribution in [0.25, 0.3) is 0 Å². The molecule has 0 saturated carbocycles. The van der Waals surface area contributed by atoms with Gasteiger partial charge < -0.3 is 14.8 Å². The van der Waals surface area contributed by atoms with E-state index < -0.39 is 0 Å². The lowest BCUT2D eigenvalue weighted by atomic mass is 10.1. The molecule has 1 fully saturated rings. The van der Waals surface area contributed by atoms with E-state index in [4.69, 9.17) is 9.47 Å². The Morgan fingerprint density at radius 1 is 1.61 bits per heavy atom. The predicted molar refractivity (Wildman–Crippen MR) is 73.7 cm³/mol. The number of halogens is 1. The topological polar surface area (TPSA) is 43.4 Å². The Kier molecular flexibility index (Phi) is 5.41. The highest BCUT2D eigenvalue weighted by Crippen LogP contribution is 2.21. The van der Waals surface area contributed by atoms with E-state index in [1.165, 1.54) is 0 Å². The molecule has 1 saturated heterocycles. The summed E-state index contributed by atoms with van der Waals surface area (Å²) < 4.78 is 12.1. The van der Waals surface area contributed by atoms with E-state index in [0.717, 1.165) is 48.6 Å². The van der Waals surface area contributed by atoms with E-state index in [0.29, 0.717) is 12.5 Å². The average Bonchev–Trinajstić information content (AvgIpc) is 2.88. The molecule has 0 aromatic carbocycles. The molecule has 0 amide bonds. The fourth-order valence-corrected chi connectivity index (χ4v) is 2.28. The Morgan fingerprint density at radius 3 is 3.22 bits per heavy atom. The number of pyridine rings is 1. The fourth-order valence-electron chi connectivity index (χ4n) is 1.90. The summed E-state index contributed by atoms with van der Waals surface area (Å²) in [4.78, 5) is 4.34. The first-order valence-electron chi connectivity index (χ1n) is 6.35. The van der Waals surface area contributed by atoms with Gasteiger partial charge in [0.1, 0.15) is 0 Å². The van der Waals surface area contributed by atoms with Crippen LogP contribution in [0.2, 0.25) is 0 Å². The van der Waals surface area contributed by atoms with E-state index in [2.05, 4.69) is 39.2 Å². The van der Waals surface area contributed by atoms with Crippen molar-refractivity contribution < 1.29 is 9.47 Å². The van der Waals surface area contributed by atoms with Gasteiger partial charge in [0.25, 0.3) is 0 Å². The third-order valence-corrected chi connectivity index (χ3v) is 3.37. The van der Waals surface area contributed by atoms with Crippen molar-refractivity contribution in [2.45, 2.75) is 19.9 Å². The summed E-state index contributed by atoms with van der Waals surface area (Å²) in [5.41, 5.74) is 1.09. The largest absolute Gasteiger partial charge is 0.477 e. The third-order valence-electron chi connectivity index (χ3n) is 2.94. The van der Waals surface area contributed by atoms with Gasteiger partial charge in [-0.15, -0.1) is 0 Å². The van der Waals surface area contributed by atoms with E-state index >= 15 is 0 Å². The maximum Gasteiger partial charge on any atom is 0.217 e. The lowest BCUT2D eigenvalue weighted by molar-refractivity contribution is 0.165. The van der Waals surface area contributed by atoms with Crippen molar-refractivity contribution in [1.82, 2.24) is 10.3 Å². The predicted octanol–water partition coefficient (Wildman–Crippen LogP) is 2.37. The molecule has 1 N–H and O–H groups in total. The highest BCUT2D eigenvalue weighted by Gasteiger charge is 2.17. The normalized spacial score (nSPS) is 19.1. The van der Waals surface area contributed by atoms with Gasteiger partial charge in [0.15, 0.2) is 0 Å². The van der Waals surface area contributed by atoms with Crippen molar-refractivity contribution in [3.05, 3.63) is 22.3 Å². The first kappa shape index (κ1) is 13.8. The van der Waals surface area contributed by atoms with Crippen LogP contribution in [-0.2, 0) is 11.3 Å². The number of nitrogens with zero attached hydrogens (tertiary/aromatic N) is 1. The molecule has 0 aliphatic carbocycles. The summed E-state index contributed by atoms with van der Waals surface area (Å²) in [7, 11) is 0. The Balaban J connectivity index is 1.96. The molecule has 2 rings (SSSR count). The van der Waals surface area contributed by atoms with Gasteiger partial charge in [0, 0.05) is 35.3 Å². The van der Waals surface area contributed by atoms with Crippen molar-refractivity contribution >= 4 is 15.9 Å². The molecule has 100 valence electrons. The summed E-state index contributed by atoms with van der Waals surface area (Å²) in [6, 6.07) is 2.05. The van der Waals surface area contributed by atoms with Crippen LogP contribution < -0.4 is 10.1 Å². The van der Waals surface area contributed by atoms with Crippen LogP contribution in [0, 0.1) is 5.92 Å². The van der Waals surface area contributed by atoms with E-state index in [9.17, 15) is 0 Å². The highest BCUT2D eigenvalue weighted by atomic mass is 79.9. The molecule has 0 spiro atoms. The smallest absolute Gasteiger partial charge is 0.217 e. The van der Waals surface area contributed by atoms with Crippen LogP contribution in [0.15, 0.2) is 16.7 Å². The molecule has 0 radical (unpaired) electrons. The van der Waals surface area contributed by atoms with Crippen LogP contribution in [0.3, 0.4) is 0 Å². The molecule has 2 heterocycles. The molecule has 1 aliphatic heterocycles. The Hall–Kier alpha value is -0.650. The Bertz CT molecular complexity index is 381. The first-order chi connectivity index (χ1) is 8.79. The minimum Gasteiger partial charge on any atom is -0.477 e. The maximum atomic E-state index is 5.82. The number of nitrogens with one attached hydrogen (secondary N) is 1. The van der Waals surface area contributed by atoms with Gasteiger partial charge in [-0.1, -0.05) is 6.92 Å². The monoisotopic (exact) mass is 314 g/mol.